The Morgan fingerprint density at radius 3 is 2.69 bits per heavy atom. The van der Waals surface area contributed by atoms with Gasteiger partial charge < -0.3 is 9.64 Å². The van der Waals surface area contributed by atoms with Crippen LogP contribution in [0.1, 0.15) is 42.1 Å². The molecule has 4 nitrogen and oxygen atoms in total. The molecule has 4 rings (SSSR count). The molecule has 2 aromatic carbocycles. The molecule has 1 unspecified atom stereocenters. The van der Waals surface area contributed by atoms with Crippen LogP contribution in [0.3, 0.4) is 0 Å². The highest BCUT2D eigenvalue weighted by atomic mass is 19.1. The lowest BCUT2D eigenvalue weighted by molar-refractivity contribution is 0.0393. The zero-order valence-corrected chi connectivity index (χ0v) is 18.6. The molecule has 2 heterocycles. The highest BCUT2D eigenvalue weighted by Gasteiger charge is 2.34. The molecule has 0 radical (unpaired) electrons. The Morgan fingerprint density at radius 2 is 1.97 bits per heavy atom. The molecular weight excluding hydrogens is 403 g/mol. The summed E-state index contributed by atoms with van der Waals surface area (Å²) in [5.41, 5.74) is 3.82. The lowest BCUT2D eigenvalue weighted by Gasteiger charge is -2.41. The van der Waals surface area contributed by atoms with Gasteiger partial charge in [0.2, 0.25) is 5.88 Å². The number of carbonyl (C=O) groups is 1. The van der Waals surface area contributed by atoms with Gasteiger partial charge in [0, 0.05) is 30.1 Å². The van der Waals surface area contributed by atoms with Crippen molar-refractivity contribution >= 4 is 5.91 Å². The van der Waals surface area contributed by atoms with E-state index >= 15 is 0 Å². The normalized spacial score (nSPS) is 18.4. The molecule has 2 atom stereocenters. The van der Waals surface area contributed by atoms with Gasteiger partial charge in [0.15, 0.2) is 0 Å². The summed E-state index contributed by atoms with van der Waals surface area (Å²) in [5.74, 6) is 0.305. The number of piperidine rings is 1. The van der Waals surface area contributed by atoms with Crippen LogP contribution in [0.2, 0.25) is 0 Å². The zero-order valence-electron chi connectivity index (χ0n) is 18.6. The van der Waals surface area contributed by atoms with Crippen molar-refractivity contribution in [3.63, 3.8) is 0 Å². The first-order valence-corrected chi connectivity index (χ1v) is 11.3. The molecule has 166 valence electrons. The maximum absolute atomic E-state index is 13.8. The van der Waals surface area contributed by atoms with Gasteiger partial charge in [-0.25, -0.2) is 9.37 Å². The molecule has 1 saturated heterocycles. The quantitative estimate of drug-likeness (QED) is 0.487. The number of rotatable bonds is 6. The number of hydrogen-bond donors (Lipinski definition) is 0. The van der Waals surface area contributed by atoms with Crippen LogP contribution in [0.5, 0.6) is 5.88 Å². The van der Waals surface area contributed by atoms with E-state index in [0.717, 1.165) is 54.3 Å². The Hall–Kier alpha value is -3.21. The fourth-order valence-corrected chi connectivity index (χ4v) is 4.64. The van der Waals surface area contributed by atoms with Crippen molar-refractivity contribution in [3.05, 3.63) is 83.8 Å². The van der Waals surface area contributed by atoms with Gasteiger partial charge >= 0.3 is 0 Å². The van der Waals surface area contributed by atoms with Gasteiger partial charge in [0.05, 0.1) is 12.8 Å². The van der Waals surface area contributed by atoms with Gasteiger partial charge in [-0.15, -0.1) is 0 Å². The first-order valence-electron chi connectivity index (χ1n) is 11.3. The molecule has 1 amide bonds. The molecule has 1 aromatic heterocycles. The number of benzene rings is 2. The second-order valence-electron chi connectivity index (χ2n) is 8.42. The minimum Gasteiger partial charge on any atom is -0.477 e. The van der Waals surface area contributed by atoms with E-state index in [1.165, 1.54) is 6.07 Å². The highest BCUT2D eigenvalue weighted by Crippen LogP contribution is 2.31. The summed E-state index contributed by atoms with van der Waals surface area (Å²) < 4.78 is 19.0. The molecule has 0 aliphatic carbocycles. The van der Waals surface area contributed by atoms with Gasteiger partial charge in [-0.05, 0) is 49.4 Å². The molecule has 1 fully saturated rings. The van der Waals surface area contributed by atoms with Crippen molar-refractivity contribution in [2.75, 3.05) is 13.2 Å². The van der Waals surface area contributed by atoms with Gasteiger partial charge in [-0.2, -0.15) is 0 Å². The predicted molar refractivity (Wildman–Crippen MR) is 124 cm³/mol. The van der Waals surface area contributed by atoms with Crippen LogP contribution < -0.4 is 4.74 Å². The van der Waals surface area contributed by atoms with Crippen LogP contribution in [-0.4, -0.2) is 35.0 Å². The topological polar surface area (TPSA) is 42.4 Å². The van der Waals surface area contributed by atoms with Crippen molar-refractivity contribution in [1.82, 2.24) is 9.88 Å². The van der Waals surface area contributed by atoms with E-state index < -0.39 is 0 Å². The Morgan fingerprint density at radius 1 is 1.16 bits per heavy atom. The minimum absolute atomic E-state index is 0.0732. The number of likely N-dealkylation sites (tertiary alicyclic amines) is 1. The summed E-state index contributed by atoms with van der Waals surface area (Å²) in [5, 5.41) is 0. The molecule has 1 aliphatic heterocycles. The van der Waals surface area contributed by atoms with Crippen molar-refractivity contribution in [2.24, 2.45) is 5.92 Å². The zero-order chi connectivity index (χ0) is 22.5. The van der Waals surface area contributed by atoms with Gasteiger partial charge in [0.25, 0.3) is 5.91 Å². The summed E-state index contributed by atoms with van der Waals surface area (Å²) in [4.78, 5) is 19.8. The van der Waals surface area contributed by atoms with E-state index in [0.29, 0.717) is 12.5 Å². The number of halogens is 1. The number of ether oxygens (including phenoxy) is 1. The molecule has 3 aromatic rings. The van der Waals surface area contributed by atoms with Crippen LogP contribution in [0.25, 0.3) is 11.1 Å². The average molecular weight is 433 g/mol. The first kappa shape index (κ1) is 22.0. The lowest BCUT2D eigenvalue weighted by atomic mass is 9.87. The maximum atomic E-state index is 13.8. The highest BCUT2D eigenvalue weighted by molar-refractivity contribution is 6.01. The first-order chi connectivity index (χ1) is 15.6. The smallest absolute Gasteiger partial charge is 0.254 e. The van der Waals surface area contributed by atoms with Crippen LogP contribution in [0, 0.1) is 18.7 Å². The number of hydrogen-bond acceptors (Lipinski definition) is 3. The molecule has 1 aliphatic rings. The van der Waals surface area contributed by atoms with Gasteiger partial charge in [0.1, 0.15) is 5.82 Å². The van der Waals surface area contributed by atoms with Crippen LogP contribution in [-0.2, 0) is 0 Å². The van der Waals surface area contributed by atoms with Crippen LogP contribution >= 0.6 is 0 Å². The Labute approximate surface area is 189 Å². The fraction of sp³-hybridized carbons (Fsp3) is 0.333. The molecular formula is C27H29FN2O2. The number of pyridine rings is 1. The van der Waals surface area contributed by atoms with E-state index in [2.05, 4.69) is 18.0 Å². The lowest BCUT2D eigenvalue weighted by Crippen LogP contribution is -2.49. The Kier molecular flexibility index (Phi) is 6.84. The van der Waals surface area contributed by atoms with Crippen molar-refractivity contribution in [2.45, 2.75) is 39.2 Å². The molecule has 0 N–H and O–H groups in total. The number of carbonyl (C=O) groups excluding carboxylic acids is 1. The van der Waals surface area contributed by atoms with Crippen molar-refractivity contribution < 1.29 is 13.9 Å². The van der Waals surface area contributed by atoms with E-state index in [1.807, 2.05) is 54.3 Å². The Balaban J connectivity index is 1.56. The van der Waals surface area contributed by atoms with E-state index in [1.54, 1.807) is 6.07 Å². The van der Waals surface area contributed by atoms with Crippen molar-refractivity contribution in [1.29, 1.82) is 0 Å². The largest absolute Gasteiger partial charge is 0.477 e. The third kappa shape index (κ3) is 4.82. The number of amides is 1. The van der Waals surface area contributed by atoms with E-state index in [4.69, 9.17) is 4.74 Å². The molecule has 5 heteroatoms. The summed E-state index contributed by atoms with van der Waals surface area (Å²) in [6, 6.07) is 19.1. The number of nitrogens with zero attached hydrogens (tertiary/aromatic N) is 2. The Bertz CT molecular complexity index is 1050. The standard InChI is InChI=1S/C27H29FN2O2/c1-3-25-21(18-32-26-14-12-22(28)17-29-26)10-7-15-30(25)27(31)24-16-19(2)11-13-23(24)20-8-5-4-6-9-20/h4-6,8-9,11-14,16-17,21,25H,3,7,10,15,18H2,1-2H3/t21-,25?/m1/s1. The summed E-state index contributed by atoms with van der Waals surface area (Å²) in [6.07, 6.45) is 3.93. The van der Waals surface area contributed by atoms with E-state index in [-0.39, 0.29) is 23.7 Å². The number of aryl methyl sites for hydroxylation is 1. The molecule has 32 heavy (non-hydrogen) atoms. The second kappa shape index (κ2) is 9.94. The molecule has 0 bridgehead atoms. The fourth-order valence-electron chi connectivity index (χ4n) is 4.64. The summed E-state index contributed by atoms with van der Waals surface area (Å²) in [6.45, 7) is 5.34. The second-order valence-corrected chi connectivity index (χ2v) is 8.42. The predicted octanol–water partition coefficient (Wildman–Crippen LogP) is 5.91. The molecule has 0 spiro atoms. The van der Waals surface area contributed by atoms with Crippen LogP contribution in [0.4, 0.5) is 4.39 Å². The third-order valence-electron chi connectivity index (χ3n) is 6.23. The van der Waals surface area contributed by atoms with Gasteiger partial charge in [-0.1, -0.05) is 55.0 Å². The third-order valence-corrected chi connectivity index (χ3v) is 6.23. The minimum atomic E-state index is -0.384. The maximum Gasteiger partial charge on any atom is 0.254 e. The van der Waals surface area contributed by atoms with Crippen LogP contribution in [0.15, 0.2) is 66.9 Å². The summed E-state index contributed by atoms with van der Waals surface area (Å²) >= 11 is 0. The SMILES string of the molecule is CCC1[C@@H](COc2ccc(F)cn2)CCCN1C(=O)c1cc(C)ccc1-c1ccccc1. The average Bonchev–Trinajstić information content (AvgIpc) is 2.83. The summed E-state index contributed by atoms with van der Waals surface area (Å²) in [7, 11) is 0. The monoisotopic (exact) mass is 432 g/mol. The van der Waals surface area contributed by atoms with Crippen molar-refractivity contribution in [3.8, 4) is 17.0 Å². The van der Waals surface area contributed by atoms with E-state index in [9.17, 15) is 9.18 Å². The molecule has 0 saturated carbocycles. The van der Waals surface area contributed by atoms with Gasteiger partial charge in [-0.3, -0.25) is 4.79 Å². The number of aromatic nitrogens is 1.